The second-order valence-corrected chi connectivity index (χ2v) is 10.6. The molecule has 0 amide bonds. The van der Waals surface area contributed by atoms with Gasteiger partial charge in [0.25, 0.3) is 0 Å². The second kappa shape index (κ2) is 6.54. The van der Waals surface area contributed by atoms with E-state index in [4.69, 9.17) is 16.3 Å². The van der Waals surface area contributed by atoms with Crippen LogP contribution in [0.1, 0.15) is 37.7 Å². The molecule has 3 nitrogen and oxygen atoms in total. The Morgan fingerprint density at radius 2 is 1.66 bits per heavy atom. The molecule has 3 aliphatic rings. The molecule has 7 heteroatoms. The molecule has 2 aromatic rings. The highest BCUT2D eigenvalue weighted by molar-refractivity contribution is 7.92. The van der Waals surface area contributed by atoms with Crippen LogP contribution in [0.3, 0.4) is 0 Å². The molecule has 5 rings (SSSR count). The van der Waals surface area contributed by atoms with Gasteiger partial charge in [-0.2, -0.15) is 0 Å². The lowest BCUT2D eigenvalue weighted by atomic mass is 9.71. The molecule has 152 valence electrons. The van der Waals surface area contributed by atoms with Crippen LogP contribution in [0, 0.1) is 17.6 Å². The number of hydrogen-bond donors (Lipinski definition) is 0. The third-order valence-corrected chi connectivity index (χ3v) is 9.31. The maximum atomic E-state index is 15.1. The zero-order chi connectivity index (χ0) is 20.4. The zero-order valence-corrected chi connectivity index (χ0v) is 17.1. The van der Waals surface area contributed by atoms with E-state index in [1.165, 1.54) is 35.4 Å². The van der Waals surface area contributed by atoms with Crippen molar-refractivity contribution in [3.63, 3.8) is 0 Å². The maximum Gasteiger partial charge on any atom is 0.188 e. The minimum absolute atomic E-state index is 0.0387. The first kappa shape index (κ1) is 19.1. The van der Waals surface area contributed by atoms with Gasteiger partial charge in [-0.25, -0.2) is 17.2 Å². The van der Waals surface area contributed by atoms with Crippen LogP contribution in [0.4, 0.5) is 8.78 Å². The van der Waals surface area contributed by atoms with Crippen molar-refractivity contribution in [2.24, 2.45) is 5.92 Å². The van der Waals surface area contributed by atoms with Crippen LogP contribution < -0.4 is 4.74 Å². The van der Waals surface area contributed by atoms with E-state index in [-0.39, 0.29) is 29.2 Å². The second-order valence-electron chi connectivity index (χ2n) is 8.00. The molecule has 0 unspecified atom stereocenters. The van der Waals surface area contributed by atoms with Crippen molar-refractivity contribution in [3.8, 4) is 5.75 Å². The van der Waals surface area contributed by atoms with Gasteiger partial charge in [-0.15, -0.1) is 0 Å². The normalized spacial score (nSPS) is 25.8. The molecular weight excluding hydrogens is 418 g/mol. The van der Waals surface area contributed by atoms with E-state index in [0.29, 0.717) is 17.9 Å². The van der Waals surface area contributed by atoms with Gasteiger partial charge in [0, 0.05) is 10.9 Å². The van der Waals surface area contributed by atoms with Gasteiger partial charge in [0.2, 0.25) is 0 Å². The number of rotatable bonds is 2. The number of fused-ring (bicyclic) bond motifs is 3. The van der Waals surface area contributed by atoms with Crippen LogP contribution >= 0.6 is 11.6 Å². The Morgan fingerprint density at radius 3 is 2.34 bits per heavy atom. The van der Waals surface area contributed by atoms with Gasteiger partial charge in [0.1, 0.15) is 10.6 Å². The van der Waals surface area contributed by atoms with E-state index < -0.39 is 32.1 Å². The van der Waals surface area contributed by atoms with Crippen LogP contribution in [0.25, 0.3) is 0 Å². The van der Waals surface area contributed by atoms with E-state index in [1.54, 1.807) is 0 Å². The van der Waals surface area contributed by atoms with Crippen molar-refractivity contribution in [1.29, 1.82) is 0 Å². The lowest BCUT2D eigenvalue weighted by Crippen LogP contribution is -2.51. The summed E-state index contributed by atoms with van der Waals surface area (Å²) in [7, 11) is -4.05. The quantitative estimate of drug-likeness (QED) is 0.578. The molecule has 1 aliphatic heterocycles. The summed E-state index contributed by atoms with van der Waals surface area (Å²) < 4.78 is 61.6. The fourth-order valence-electron chi connectivity index (χ4n) is 4.93. The Bertz CT molecular complexity index is 1140. The fraction of sp³-hybridized carbons (Fsp3) is 0.364. The highest BCUT2D eigenvalue weighted by Crippen LogP contribution is 2.58. The first-order valence-corrected chi connectivity index (χ1v) is 11.5. The first-order chi connectivity index (χ1) is 13.8. The lowest BCUT2D eigenvalue weighted by Gasteiger charge is -2.47. The van der Waals surface area contributed by atoms with Gasteiger partial charge < -0.3 is 4.74 Å². The van der Waals surface area contributed by atoms with Crippen molar-refractivity contribution in [1.82, 2.24) is 0 Å². The van der Waals surface area contributed by atoms with E-state index >= 15 is 4.39 Å². The Kier molecular flexibility index (Phi) is 4.30. The van der Waals surface area contributed by atoms with Gasteiger partial charge >= 0.3 is 0 Å². The molecule has 2 atom stereocenters. The van der Waals surface area contributed by atoms with Crippen LogP contribution in [-0.4, -0.2) is 15.0 Å². The Morgan fingerprint density at radius 1 is 0.966 bits per heavy atom. The van der Waals surface area contributed by atoms with Gasteiger partial charge in [0.05, 0.1) is 17.1 Å². The smallest absolute Gasteiger partial charge is 0.188 e. The highest BCUT2D eigenvalue weighted by Gasteiger charge is 2.59. The summed E-state index contributed by atoms with van der Waals surface area (Å²) in [5.41, 5.74) is 2.46. The Balaban J connectivity index is 1.76. The summed E-state index contributed by atoms with van der Waals surface area (Å²) in [6, 6.07) is 7.85. The molecule has 0 spiro atoms. The monoisotopic (exact) mass is 436 g/mol. The number of sulfone groups is 1. The van der Waals surface area contributed by atoms with Crippen molar-refractivity contribution in [2.75, 3.05) is 6.61 Å². The predicted octanol–water partition coefficient (Wildman–Crippen LogP) is 5.57. The molecule has 2 fully saturated rings. The van der Waals surface area contributed by atoms with Gasteiger partial charge in [-0.1, -0.05) is 22.7 Å². The van der Waals surface area contributed by atoms with Crippen LogP contribution in [-0.2, 0) is 14.6 Å². The van der Waals surface area contributed by atoms with E-state index in [9.17, 15) is 12.8 Å². The molecular formula is C22H19ClF2O3S. The van der Waals surface area contributed by atoms with Crippen LogP contribution in [0.5, 0.6) is 5.75 Å². The third kappa shape index (κ3) is 2.76. The van der Waals surface area contributed by atoms with Crippen molar-refractivity contribution in [2.45, 2.75) is 41.7 Å². The van der Waals surface area contributed by atoms with E-state index in [2.05, 4.69) is 0 Å². The minimum Gasteiger partial charge on any atom is -0.490 e. The molecule has 2 saturated carbocycles. The lowest BCUT2D eigenvalue weighted by molar-refractivity contribution is 0.141. The SMILES string of the molecule is O=S(=O)(c1ccc(Cl)cc1)[C@@]12CCC(=C3CC3)C[C@@H]1COc1c(F)ccc(F)c12. The number of halogens is 3. The van der Waals surface area contributed by atoms with Crippen molar-refractivity contribution in [3.05, 3.63) is 69.8 Å². The molecule has 0 bridgehead atoms. The van der Waals surface area contributed by atoms with Gasteiger partial charge in [-0.3, -0.25) is 0 Å². The Labute approximate surface area is 173 Å². The molecule has 0 aromatic heterocycles. The molecule has 0 saturated heterocycles. The standard InChI is InChI=1S/C22H19ClF2O3S/c23-16-3-5-17(6-4-16)29(26,27)22-10-9-14(13-1-2-13)11-15(22)12-28-21-19(25)8-7-18(24)20(21)22/h3-8,15H,1-2,9-12H2/t15-,22+/m1/s1. The summed E-state index contributed by atoms with van der Waals surface area (Å²) in [6.45, 7) is 0.0387. The molecule has 2 aromatic carbocycles. The topological polar surface area (TPSA) is 43.4 Å². The van der Waals surface area contributed by atoms with Gasteiger partial charge in [-0.05, 0) is 68.5 Å². The average Bonchev–Trinajstić information content (AvgIpc) is 3.55. The summed E-state index contributed by atoms with van der Waals surface area (Å²) in [5.74, 6) is -2.24. The zero-order valence-electron chi connectivity index (χ0n) is 15.6. The highest BCUT2D eigenvalue weighted by atomic mass is 35.5. The van der Waals surface area contributed by atoms with E-state index in [1.807, 2.05) is 0 Å². The van der Waals surface area contributed by atoms with Gasteiger partial charge in [0.15, 0.2) is 21.4 Å². The summed E-state index contributed by atoms with van der Waals surface area (Å²) in [4.78, 5) is 0.0611. The predicted molar refractivity (Wildman–Crippen MR) is 106 cm³/mol. The van der Waals surface area contributed by atoms with Crippen molar-refractivity contribution < 1.29 is 21.9 Å². The largest absolute Gasteiger partial charge is 0.490 e. The van der Waals surface area contributed by atoms with Crippen molar-refractivity contribution >= 4 is 21.4 Å². The number of hydrogen-bond acceptors (Lipinski definition) is 3. The summed E-state index contributed by atoms with van der Waals surface area (Å²) in [5, 5.41) is 0.409. The first-order valence-electron chi connectivity index (χ1n) is 9.66. The third-order valence-electron chi connectivity index (χ3n) is 6.46. The van der Waals surface area contributed by atoms with Crippen LogP contribution in [0.2, 0.25) is 5.02 Å². The molecule has 2 aliphatic carbocycles. The van der Waals surface area contributed by atoms with E-state index in [0.717, 1.165) is 25.0 Å². The maximum absolute atomic E-state index is 15.1. The number of ether oxygens (including phenoxy) is 1. The number of benzene rings is 2. The minimum atomic E-state index is -4.05. The molecule has 1 heterocycles. The molecule has 29 heavy (non-hydrogen) atoms. The summed E-state index contributed by atoms with van der Waals surface area (Å²) >= 11 is 5.94. The van der Waals surface area contributed by atoms with Crippen LogP contribution in [0.15, 0.2) is 52.4 Å². The summed E-state index contributed by atoms with van der Waals surface area (Å²) in [6.07, 6.45) is 3.38. The average molecular weight is 437 g/mol. The molecule has 0 N–H and O–H groups in total. The Hall–Kier alpha value is -1.92. The fourth-order valence-corrected chi connectivity index (χ4v) is 7.39. The number of allylic oxidation sites excluding steroid dienone is 2. The molecule has 0 radical (unpaired) electrons.